The Balaban J connectivity index is 2.38. The van der Waals surface area contributed by atoms with E-state index in [-0.39, 0.29) is 11.5 Å². The maximum absolute atomic E-state index is 6.02. The summed E-state index contributed by atoms with van der Waals surface area (Å²) >= 11 is 0. The number of ether oxygens (including phenoxy) is 1. The third-order valence-corrected chi connectivity index (χ3v) is 3.97. The van der Waals surface area contributed by atoms with E-state index in [1.807, 2.05) is 0 Å². The highest BCUT2D eigenvalue weighted by Gasteiger charge is 2.41. The molecular formula is C16H25NO. The molecule has 18 heavy (non-hydrogen) atoms. The summed E-state index contributed by atoms with van der Waals surface area (Å²) in [4.78, 5) is 0. The topological polar surface area (TPSA) is 35.2 Å². The zero-order valence-corrected chi connectivity index (χ0v) is 12.0. The van der Waals surface area contributed by atoms with E-state index in [0.717, 1.165) is 19.6 Å². The van der Waals surface area contributed by atoms with E-state index in [0.29, 0.717) is 5.92 Å². The smallest absolute Gasteiger partial charge is 0.0586 e. The minimum Gasteiger partial charge on any atom is -0.379 e. The summed E-state index contributed by atoms with van der Waals surface area (Å²) in [6, 6.07) is 7.07. The molecule has 1 aromatic rings. The van der Waals surface area contributed by atoms with Crippen LogP contribution in [-0.2, 0) is 10.2 Å². The zero-order chi connectivity index (χ0) is 13.3. The molecule has 1 aliphatic rings. The summed E-state index contributed by atoms with van der Waals surface area (Å²) in [7, 11) is 0. The highest BCUT2D eigenvalue weighted by Crippen LogP contribution is 2.39. The third kappa shape index (κ3) is 2.45. The highest BCUT2D eigenvalue weighted by atomic mass is 16.5. The minimum atomic E-state index is 0.156. The van der Waals surface area contributed by atoms with E-state index in [4.69, 9.17) is 10.5 Å². The van der Waals surface area contributed by atoms with Gasteiger partial charge in [-0.25, -0.2) is 0 Å². The van der Waals surface area contributed by atoms with Gasteiger partial charge in [0, 0.05) is 11.5 Å². The Labute approximate surface area is 111 Å². The Morgan fingerprint density at radius 3 is 2.39 bits per heavy atom. The van der Waals surface area contributed by atoms with E-state index in [1.54, 1.807) is 0 Å². The summed E-state index contributed by atoms with van der Waals surface area (Å²) in [5.41, 5.74) is 10.4. The van der Waals surface area contributed by atoms with Gasteiger partial charge in [0.2, 0.25) is 0 Å². The molecule has 2 nitrogen and oxygen atoms in total. The molecule has 1 unspecified atom stereocenters. The van der Waals surface area contributed by atoms with Crippen LogP contribution in [0.2, 0.25) is 0 Å². The van der Waals surface area contributed by atoms with Gasteiger partial charge in [-0.3, -0.25) is 0 Å². The van der Waals surface area contributed by atoms with Crippen molar-refractivity contribution in [2.45, 2.75) is 51.5 Å². The monoisotopic (exact) mass is 247 g/mol. The molecule has 2 rings (SSSR count). The van der Waals surface area contributed by atoms with Crippen LogP contribution >= 0.6 is 0 Å². The predicted octanol–water partition coefficient (Wildman–Crippen LogP) is 3.12. The van der Waals surface area contributed by atoms with Gasteiger partial charge in [0.15, 0.2) is 0 Å². The normalized spacial score (nSPS) is 19.7. The molecule has 2 N–H and O–H groups in total. The van der Waals surface area contributed by atoms with Crippen LogP contribution in [0.1, 0.15) is 49.8 Å². The molecule has 0 spiro atoms. The zero-order valence-electron chi connectivity index (χ0n) is 12.0. The van der Waals surface area contributed by atoms with Crippen molar-refractivity contribution >= 4 is 0 Å². The first-order chi connectivity index (χ1) is 8.44. The standard InChI is InChI=1S/C16H25NO/c1-11(2)14-6-5-12(3)15(7-14)16(8-13(4)17)9-18-10-16/h5-7,11,13H,8-10,17H2,1-4H3. The molecule has 2 heteroatoms. The van der Waals surface area contributed by atoms with Gasteiger partial charge in [-0.2, -0.15) is 0 Å². The third-order valence-electron chi connectivity index (χ3n) is 3.97. The molecule has 1 atom stereocenters. The van der Waals surface area contributed by atoms with Crippen LogP contribution in [0, 0.1) is 6.92 Å². The Bertz CT molecular complexity index is 419. The van der Waals surface area contributed by atoms with E-state index < -0.39 is 0 Å². The van der Waals surface area contributed by atoms with Gasteiger partial charge in [-0.15, -0.1) is 0 Å². The molecule has 0 saturated carbocycles. The molecule has 1 fully saturated rings. The van der Waals surface area contributed by atoms with Gasteiger partial charge < -0.3 is 10.5 Å². The van der Waals surface area contributed by atoms with Crippen LogP contribution in [-0.4, -0.2) is 19.3 Å². The molecule has 0 aliphatic carbocycles. The Hall–Kier alpha value is -0.860. The predicted molar refractivity (Wildman–Crippen MR) is 76.0 cm³/mol. The lowest BCUT2D eigenvalue weighted by atomic mass is 9.72. The minimum absolute atomic E-state index is 0.156. The number of hydrogen-bond acceptors (Lipinski definition) is 2. The van der Waals surface area contributed by atoms with Crippen LogP contribution in [0.3, 0.4) is 0 Å². The SMILES string of the molecule is Cc1ccc(C(C)C)cc1C1(CC(C)N)COC1. The summed E-state index contributed by atoms with van der Waals surface area (Å²) in [6.07, 6.45) is 1.01. The highest BCUT2D eigenvalue weighted by molar-refractivity contribution is 5.40. The van der Waals surface area contributed by atoms with Crippen LogP contribution < -0.4 is 5.73 Å². The molecule has 100 valence electrons. The van der Waals surface area contributed by atoms with Crippen molar-refractivity contribution in [3.8, 4) is 0 Å². The second kappa shape index (κ2) is 5.02. The molecule has 1 heterocycles. The summed E-state index contributed by atoms with van der Waals surface area (Å²) in [5, 5.41) is 0. The Kier molecular flexibility index (Phi) is 3.79. The van der Waals surface area contributed by atoms with Crippen LogP contribution in [0.5, 0.6) is 0 Å². The number of aryl methyl sites for hydroxylation is 1. The van der Waals surface area contributed by atoms with Crippen molar-refractivity contribution in [1.82, 2.24) is 0 Å². The lowest BCUT2D eigenvalue weighted by Gasteiger charge is -2.44. The van der Waals surface area contributed by atoms with Crippen molar-refractivity contribution < 1.29 is 4.74 Å². The van der Waals surface area contributed by atoms with Crippen molar-refractivity contribution in [3.63, 3.8) is 0 Å². The molecule has 1 aliphatic heterocycles. The maximum atomic E-state index is 6.02. The summed E-state index contributed by atoms with van der Waals surface area (Å²) in [6.45, 7) is 10.4. The van der Waals surface area contributed by atoms with Crippen LogP contribution in [0.4, 0.5) is 0 Å². The van der Waals surface area contributed by atoms with Crippen molar-refractivity contribution in [1.29, 1.82) is 0 Å². The fourth-order valence-electron chi connectivity index (χ4n) is 2.92. The first kappa shape index (κ1) is 13.6. The summed E-state index contributed by atoms with van der Waals surface area (Å²) in [5.74, 6) is 0.567. The van der Waals surface area contributed by atoms with E-state index in [1.165, 1.54) is 16.7 Å². The number of nitrogens with two attached hydrogens (primary N) is 1. The van der Waals surface area contributed by atoms with Crippen molar-refractivity contribution in [3.05, 3.63) is 34.9 Å². The van der Waals surface area contributed by atoms with Crippen molar-refractivity contribution in [2.75, 3.05) is 13.2 Å². The second-order valence-electron chi connectivity index (χ2n) is 6.18. The molecule has 0 radical (unpaired) electrons. The molecular weight excluding hydrogens is 222 g/mol. The number of benzene rings is 1. The van der Waals surface area contributed by atoms with Crippen LogP contribution in [0.25, 0.3) is 0 Å². The molecule has 0 bridgehead atoms. The second-order valence-corrected chi connectivity index (χ2v) is 6.18. The van der Waals surface area contributed by atoms with E-state index >= 15 is 0 Å². The molecule has 0 amide bonds. The molecule has 1 aromatic carbocycles. The van der Waals surface area contributed by atoms with Crippen LogP contribution in [0.15, 0.2) is 18.2 Å². The Morgan fingerprint density at radius 2 is 1.94 bits per heavy atom. The van der Waals surface area contributed by atoms with Gasteiger partial charge in [0.25, 0.3) is 0 Å². The number of hydrogen-bond donors (Lipinski definition) is 1. The average Bonchev–Trinajstić information content (AvgIpc) is 2.24. The molecule has 1 saturated heterocycles. The van der Waals surface area contributed by atoms with Gasteiger partial charge >= 0.3 is 0 Å². The summed E-state index contributed by atoms with van der Waals surface area (Å²) < 4.78 is 5.49. The van der Waals surface area contributed by atoms with Gasteiger partial charge in [-0.1, -0.05) is 32.0 Å². The van der Waals surface area contributed by atoms with Crippen molar-refractivity contribution in [2.24, 2.45) is 5.73 Å². The quantitative estimate of drug-likeness (QED) is 0.887. The largest absolute Gasteiger partial charge is 0.379 e. The number of rotatable bonds is 4. The maximum Gasteiger partial charge on any atom is 0.0586 e. The average molecular weight is 247 g/mol. The molecule has 0 aromatic heterocycles. The van der Waals surface area contributed by atoms with E-state index in [9.17, 15) is 0 Å². The first-order valence-corrected chi connectivity index (χ1v) is 6.89. The fourth-order valence-corrected chi connectivity index (χ4v) is 2.92. The first-order valence-electron chi connectivity index (χ1n) is 6.89. The lowest BCUT2D eigenvalue weighted by Crippen LogP contribution is -2.50. The fraction of sp³-hybridized carbons (Fsp3) is 0.625. The van der Waals surface area contributed by atoms with Gasteiger partial charge in [0.1, 0.15) is 0 Å². The van der Waals surface area contributed by atoms with E-state index in [2.05, 4.69) is 45.9 Å². The van der Waals surface area contributed by atoms with Gasteiger partial charge in [0.05, 0.1) is 13.2 Å². The lowest BCUT2D eigenvalue weighted by molar-refractivity contribution is -0.0668. The van der Waals surface area contributed by atoms with Gasteiger partial charge in [-0.05, 0) is 42.9 Å². The Morgan fingerprint density at radius 1 is 1.28 bits per heavy atom.